The van der Waals surface area contributed by atoms with E-state index in [4.69, 9.17) is 4.42 Å². The van der Waals surface area contributed by atoms with Crippen molar-refractivity contribution in [3.05, 3.63) is 24.2 Å². The van der Waals surface area contributed by atoms with Gasteiger partial charge in [-0.3, -0.25) is 9.69 Å². The Morgan fingerprint density at radius 1 is 1.22 bits per heavy atom. The molecule has 1 aromatic heterocycles. The van der Waals surface area contributed by atoms with Gasteiger partial charge in [0.15, 0.2) is 0 Å². The second kappa shape index (κ2) is 5.97. The van der Waals surface area contributed by atoms with Gasteiger partial charge in [0.2, 0.25) is 5.91 Å². The van der Waals surface area contributed by atoms with Crippen molar-refractivity contribution in [1.82, 2.24) is 9.80 Å². The lowest BCUT2D eigenvalue weighted by Crippen LogP contribution is -2.52. The number of nitrogens with zero attached hydrogens (tertiary/aromatic N) is 2. The summed E-state index contributed by atoms with van der Waals surface area (Å²) in [6.45, 7) is 6.55. The largest absolute Gasteiger partial charge is 0.469 e. The van der Waals surface area contributed by atoms with Crippen LogP contribution in [0, 0.1) is 5.92 Å². The third-order valence-corrected chi connectivity index (χ3v) is 6.17. The third kappa shape index (κ3) is 2.82. The first kappa shape index (κ1) is 15.3. The van der Waals surface area contributed by atoms with E-state index in [9.17, 15) is 4.79 Å². The third-order valence-electron chi connectivity index (χ3n) is 6.17. The summed E-state index contributed by atoms with van der Waals surface area (Å²) in [6.07, 6.45) is 7.66. The summed E-state index contributed by atoms with van der Waals surface area (Å²) in [5.74, 6) is 1.82. The lowest BCUT2D eigenvalue weighted by molar-refractivity contribution is -0.135. The molecule has 5 unspecified atom stereocenters. The summed E-state index contributed by atoms with van der Waals surface area (Å²) < 4.78 is 5.48. The molecular weight excluding hydrogens is 288 g/mol. The highest BCUT2D eigenvalue weighted by molar-refractivity contribution is 5.83. The predicted octanol–water partition coefficient (Wildman–Crippen LogP) is 3.25. The summed E-state index contributed by atoms with van der Waals surface area (Å²) in [5.41, 5.74) is 0. The lowest BCUT2D eigenvalue weighted by Gasteiger charge is -2.41. The van der Waals surface area contributed by atoms with Gasteiger partial charge in [-0.1, -0.05) is 0 Å². The number of rotatable bonds is 3. The van der Waals surface area contributed by atoms with Gasteiger partial charge in [0.1, 0.15) is 5.76 Å². The van der Waals surface area contributed by atoms with Crippen molar-refractivity contribution in [2.75, 3.05) is 13.1 Å². The first-order valence-electron chi connectivity index (χ1n) is 9.24. The fraction of sp³-hybridized carbons (Fsp3) is 0.737. The smallest absolute Gasteiger partial charge is 0.226 e. The van der Waals surface area contributed by atoms with Crippen LogP contribution in [0.2, 0.25) is 0 Å². The minimum Gasteiger partial charge on any atom is -0.469 e. The Hall–Kier alpha value is -1.29. The fourth-order valence-corrected chi connectivity index (χ4v) is 4.85. The molecule has 3 fully saturated rings. The second-order valence-electron chi connectivity index (χ2n) is 7.77. The molecule has 0 radical (unpaired) electrons. The van der Waals surface area contributed by atoms with E-state index >= 15 is 0 Å². The summed E-state index contributed by atoms with van der Waals surface area (Å²) in [6, 6.07) is 5.82. The maximum absolute atomic E-state index is 12.9. The summed E-state index contributed by atoms with van der Waals surface area (Å²) in [7, 11) is 0. The fourth-order valence-electron chi connectivity index (χ4n) is 4.85. The Labute approximate surface area is 138 Å². The van der Waals surface area contributed by atoms with Crippen LogP contribution in [0.1, 0.15) is 57.6 Å². The second-order valence-corrected chi connectivity index (χ2v) is 7.77. The number of carbonyl (C=O) groups excluding carboxylic acids is 1. The van der Waals surface area contributed by atoms with Gasteiger partial charge in [-0.05, 0) is 58.1 Å². The van der Waals surface area contributed by atoms with E-state index < -0.39 is 0 Å². The van der Waals surface area contributed by atoms with Crippen LogP contribution >= 0.6 is 0 Å². The van der Waals surface area contributed by atoms with Crippen molar-refractivity contribution >= 4 is 5.91 Å². The molecule has 126 valence electrons. The average Bonchev–Trinajstić information content (AvgIpc) is 3.01. The van der Waals surface area contributed by atoms with Crippen LogP contribution in [0.25, 0.3) is 0 Å². The summed E-state index contributed by atoms with van der Waals surface area (Å²) >= 11 is 0. The van der Waals surface area contributed by atoms with Gasteiger partial charge in [-0.25, -0.2) is 0 Å². The molecule has 1 aliphatic carbocycles. The maximum Gasteiger partial charge on any atom is 0.226 e. The highest BCUT2D eigenvalue weighted by atomic mass is 16.3. The molecule has 1 amide bonds. The van der Waals surface area contributed by atoms with Gasteiger partial charge in [-0.15, -0.1) is 0 Å². The molecule has 0 bridgehead atoms. The minimum absolute atomic E-state index is 0.160. The van der Waals surface area contributed by atoms with Gasteiger partial charge >= 0.3 is 0 Å². The molecule has 0 aromatic carbocycles. The molecule has 3 aliphatic rings. The molecule has 0 spiro atoms. The SMILES string of the molecule is CC1CCC(C)N1C1CCCN(C(=O)C2CC2c2ccco2)C1. The molecule has 4 nitrogen and oxygen atoms in total. The van der Waals surface area contributed by atoms with E-state index in [1.807, 2.05) is 12.1 Å². The van der Waals surface area contributed by atoms with Gasteiger partial charge < -0.3 is 9.32 Å². The zero-order valence-corrected chi connectivity index (χ0v) is 14.3. The number of furan rings is 1. The topological polar surface area (TPSA) is 36.7 Å². The van der Waals surface area contributed by atoms with E-state index in [0.717, 1.165) is 31.7 Å². The molecule has 0 N–H and O–H groups in total. The van der Waals surface area contributed by atoms with Crippen molar-refractivity contribution in [1.29, 1.82) is 0 Å². The minimum atomic E-state index is 0.160. The number of piperidine rings is 1. The Bertz CT molecular complexity index is 546. The Kier molecular flexibility index (Phi) is 3.96. The predicted molar refractivity (Wildman–Crippen MR) is 89.2 cm³/mol. The Morgan fingerprint density at radius 2 is 2.00 bits per heavy atom. The first-order valence-corrected chi connectivity index (χ1v) is 9.24. The van der Waals surface area contributed by atoms with Crippen molar-refractivity contribution in [2.24, 2.45) is 5.92 Å². The maximum atomic E-state index is 12.9. The number of hydrogen-bond acceptors (Lipinski definition) is 3. The monoisotopic (exact) mass is 316 g/mol. The molecule has 4 heteroatoms. The van der Waals surface area contributed by atoms with Crippen LogP contribution in [0.3, 0.4) is 0 Å². The Balaban J connectivity index is 1.39. The lowest BCUT2D eigenvalue weighted by atomic mass is 10.0. The van der Waals surface area contributed by atoms with Gasteiger partial charge in [0, 0.05) is 43.1 Å². The summed E-state index contributed by atoms with van der Waals surface area (Å²) in [5, 5.41) is 0. The van der Waals surface area contributed by atoms with E-state index in [1.54, 1.807) is 6.26 Å². The van der Waals surface area contributed by atoms with E-state index in [-0.39, 0.29) is 5.92 Å². The molecule has 1 saturated carbocycles. The zero-order chi connectivity index (χ0) is 16.0. The van der Waals surface area contributed by atoms with Crippen molar-refractivity contribution in [3.63, 3.8) is 0 Å². The van der Waals surface area contributed by atoms with E-state index in [1.165, 1.54) is 19.3 Å². The van der Waals surface area contributed by atoms with Crippen LogP contribution in [0.5, 0.6) is 0 Å². The van der Waals surface area contributed by atoms with Crippen LogP contribution < -0.4 is 0 Å². The van der Waals surface area contributed by atoms with Crippen LogP contribution in [0.4, 0.5) is 0 Å². The number of amides is 1. The van der Waals surface area contributed by atoms with Crippen molar-refractivity contribution in [3.8, 4) is 0 Å². The molecule has 5 atom stereocenters. The molecular formula is C19H28N2O2. The van der Waals surface area contributed by atoms with Crippen LogP contribution in [0.15, 0.2) is 22.8 Å². The van der Waals surface area contributed by atoms with Crippen LogP contribution in [-0.4, -0.2) is 46.9 Å². The highest BCUT2D eigenvalue weighted by Crippen LogP contribution is 2.49. The highest BCUT2D eigenvalue weighted by Gasteiger charge is 2.48. The van der Waals surface area contributed by atoms with Crippen molar-refractivity contribution in [2.45, 2.75) is 70.0 Å². The van der Waals surface area contributed by atoms with Gasteiger partial charge in [0.25, 0.3) is 0 Å². The molecule has 2 aliphatic heterocycles. The normalized spacial score (nSPS) is 38.0. The standard InChI is InChI=1S/C19H28N2O2/c1-13-7-8-14(2)21(13)15-5-3-9-20(12-15)19(22)17-11-16(17)18-6-4-10-23-18/h4,6,10,13-17H,3,5,7-9,11-12H2,1-2H3. The number of hydrogen-bond donors (Lipinski definition) is 0. The molecule has 23 heavy (non-hydrogen) atoms. The average molecular weight is 316 g/mol. The molecule has 2 saturated heterocycles. The number of likely N-dealkylation sites (tertiary alicyclic amines) is 2. The van der Waals surface area contributed by atoms with Gasteiger partial charge in [-0.2, -0.15) is 0 Å². The number of carbonyl (C=O) groups is 1. The van der Waals surface area contributed by atoms with Crippen LogP contribution in [-0.2, 0) is 4.79 Å². The van der Waals surface area contributed by atoms with Gasteiger partial charge in [0.05, 0.1) is 6.26 Å². The summed E-state index contributed by atoms with van der Waals surface area (Å²) in [4.78, 5) is 17.7. The van der Waals surface area contributed by atoms with E-state index in [0.29, 0.717) is 30.0 Å². The Morgan fingerprint density at radius 3 is 2.70 bits per heavy atom. The van der Waals surface area contributed by atoms with Crippen molar-refractivity contribution < 1.29 is 9.21 Å². The molecule has 3 heterocycles. The first-order chi connectivity index (χ1) is 11.1. The quantitative estimate of drug-likeness (QED) is 0.859. The zero-order valence-electron chi connectivity index (χ0n) is 14.3. The molecule has 1 aromatic rings. The molecule has 4 rings (SSSR count). The van der Waals surface area contributed by atoms with E-state index in [2.05, 4.69) is 23.6 Å².